The van der Waals surface area contributed by atoms with Crippen LogP contribution in [0.25, 0.3) is 0 Å². The number of nitrogens with two attached hydrogens (primary N) is 1. The Morgan fingerprint density at radius 3 is 2.72 bits per heavy atom. The van der Waals surface area contributed by atoms with Gasteiger partial charge in [-0.25, -0.2) is 4.98 Å². The Hall–Kier alpha value is -0.820. The molecular formula is C11H15BrF3N3. The van der Waals surface area contributed by atoms with Gasteiger partial charge >= 0.3 is 6.18 Å². The molecule has 1 unspecified atom stereocenters. The second kappa shape index (κ2) is 6.38. The van der Waals surface area contributed by atoms with Crippen molar-refractivity contribution in [1.82, 2.24) is 4.98 Å². The van der Waals surface area contributed by atoms with Crippen LogP contribution in [0.5, 0.6) is 0 Å². The van der Waals surface area contributed by atoms with Crippen LogP contribution in [-0.4, -0.2) is 17.6 Å². The van der Waals surface area contributed by atoms with Crippen LogP contribution in [-0.2, 0) is 6.18 Å². The molecule has 0 radical (unpaired) electrons. The molecule has 7 heteroatoms. The minimum atomic E-state index is -4.42. The summed E-state index contributed by atoms with van der Waals surface area (Å²) >= 11 is 2.98. The summed E-state index contributed by atoms with van der Waals surface area (Å²) in [6.07, 6.45) is -1.70. The average molecular weight is 326 g/mol. The van der Waals surface area contributed by atoms with Crippen molar-refractivity contribution >= 4 is 21.7 Å². The number of hydrogen-bond acceptors (Lipinski definition) is 3. The number of halogens is 4. The lowest BCUT2D eigenvalue weighted by Gasteiger charge is -2.15. The van der Waals surface area contributed by atoms with E-state index in [1.807, 2.05) is 6.92 Å². The van der Waals surface area contributed by atoms with E-state index in [9.17, 15) is 13.2 Å². The van der Waals surface area contributed by atoms with E-state index in [2.05, 4.69) is 26.2 Å². The highest BCUT2D eigenvalue weighted by molar-refractivity contribution is 9.10. The first-order valence-corrected chi connectivity index (χ1v) is 6.36. The number of nitrogens with one attached hydrogen (secondary N) is 1. The van der Waals surface area contributed by atoms with Crippen molar-refractivity contribution in [3.63, 3.8) is 0 Å². The minimum Gasteiger partial charge on any atom is -0.370 e. The molecule has 0 aliphatic heterocycles. The van der Waals surface area contributed by atoms with Crippen molar-refractivity contribution in [3.8, 4) is 0 Å². The number of anilines is 1. The summed E-state index contributed by atoms with van der Waals surface area (Å²) in [5.41, 5.74) is 4.92. The van der Waals surface area contributed by atoms with Gasteiger partial charge in [0.15, 0.2) is 0 Å². The number of aromatic nitrogens is 1. The molecule has 0 fully saturated rings. The molecule has 0 saturated carbocycles. The topological polar surface area (TPSA) is 50.9 Å². The second-order valence-electron chi connectivity index (χ2n) is 3.93. The third-order valence-corrected chi connectivity index (χ3v) is 2.93. The zero-order valence-corrected chi connectivity index (χ0v) is 11.5. The van der Waals surface area contributed by atoms with Crippen molar-refractivity contribution in [1.29, 1.82) is 0 Å². The smallest absolute Gasteiger partial charge is 0.370 e. The van der Waals surface area contributed by atoms with Gasteiger partial charge in [0.2, 0.25) is 0 Å². The third kappa shape index (κ3) is 4.45. The van der Waals surface area contributed by atoms with Crippen molar-refractivity contribution < 1.29 is 13.2 Å². The molecule has 1 aromatic heterocycles. The van der Waals surface area contributed by atoms with Gasteiger partial charge in [-0.1, -0.05) is 6.92 Å². The van der Waals surface area contributed by atoms with Crippen LogP contribution < -0.4 is 11.1 Å². The number of rotatable bonds is 5. The lowest BCUT2D eigenvalue weighted by Crippen LogP contribution is -2.23. The normalized spacial score (nSPS) is 13.4. The highest BCUT2D eigenvalue weighted by Gasteiger charge is 2.34. The molecular weight excluding hydrogens is 311 g/mol. The molecule has 3 N–H and O–H groups in total. The first kappa shape index (κ1) is 15.2. The van der Waals surface area contributed by atoms with E-state index >= 15 is 0 Å². The van der Waals surface area contributed by atoms with Crippen molar-refractivity contribution in [2.75, 3.05) is 11.9 Å². The number of hydrogen-bond donors (Lipinski definition) is 2. The molecule has 0 aliphatic carbocycles. The summed E-state index contributed by atoms with van der Waals surface area (Å²) < 4.78 is 38.6. The molecule has 102 valence electrons. The maximum Gasteiger partial charge on any atom is 0.419 e. The molecule has 1 rings (SSSR count). The summed E-state index contributed by atoms with van der Waals surface area (Å²) in [4.78, 5) is 3.75. The van der Waals surface area contributed by atoms with E-state index < -0.39 is 11.7 Å². The van der Waals surface area contributed by atoms with Crippen molar-refractivity contribution in [3.05, 3.63) is 22.3 Å². The van der Waals surface area contributed by atoms with E-state index in [0.717, 1.165) is 12.5 Å². The molecule has 3 nitrogen and oxygen atoms in total. The molecule has 0 aromatic carbocycles. The first-order chi connectivity index (χ1) is 8.34. The van der Waals surface area contributed by atoms with Gasteiger partial charge in [-0.3, -0.25) is 0 Å². The van der Waals surface area contributed by atoms with Crippen molar-refractivity contribution in [2.45, 2.75) is 32.0 Å². The van der Waals surface area contributed by atoms with Crippen LogP contribution >= 0.6 is 15.9 Å². The second-order valence-corrected chi connectivity index (χ2v) is 4.85. The predicted octanol–water partition coefficient (Wildman–Crippen LogP) is 3.40. The summed E-state index contributed by atoms with van der Waals surface area (Å²) in [6.45, 7) is 2.30. The molecule has 0 aliphatic rings. The molecule has 1 atom stereocenters. The summed E-state index contributed by atoms with van der Waals surface area (Å²) in [5.74, 6) is -0.158. The largest absolute Gasteiger partial charge is 0.419 e. The van der Waals surface area contributed by atoms with Crippen LogP contribution in [0.4, 0.5) is 19.0 Å². The fraction of sp³-hybridized carbons (Fsp3) is 0.545. The van der Waals surface area contributed by atoms with Crippen LogP contribution in [0, 0.1) is 0 Å². The Morgan fingerprint density at radius 1 is 1.50 bits per heavy atom. The highest BCUT2D eigenvalue weighted by Crippen LogP contribution is 2.35. The molecule has 1 aromatic rings. The number of alkyl halides is 3. The Labute approximate surface area is 112 Å². The summed E-state index contributed by atoms with van der Waals surface area (Å²) in [6, 6.07) is 0.997. The maximum atomic E-state index is 12.8. The van der Waals surface area contributed by atoms with Gasteiger partial charge in [-0.2, -0.15) is 13.2 Å². The van der Waals surface area contributed by atoms with E-state index in [-0.39, 0.29) is 11.9 Å². The van der Waals surface area contributed by atoms with Crippen LogP contribution in [0.3, 0.4) is 0 Å². The SMILES string of the molecule is CCC(N)CCNc1ncc(Br)cc1C(F)(F)F. The van der Waals surface area contributed by atoms with E-state index in [0.29, 0.717) is 17.4 Å². The summed E-state index contributed by atoms with van der Waals surface area (Å²) in [5, 5.41) is 2.68. The quantitative estimate of drug-likeness (QED) is 0.872. The Kier molecular flexibility index (Phi) is 5.40. The molecule has 1 heterocycles. The first-order valence-electron chi connectivity index (χ1n) is 5.56. The lowest BCUT2D eigenvalue weighted by molar-refractivity contribution is -0.137. The monoisotopic (exact) mass is 325 g/mol. The van der Waals surface area contributed by atoms with Gasteiger partial charge in [-0.05, 0) is 34.8 Å². The van der Waals surface area contributed by atoms with Gasteiger partial charge in [0, 0.05) is 23.3 Å². The number of nitrogens with zero attached hydrogens (tertiary/aromatic N) is 1. The van der Waals surface area contributed by atoms with Crippen LogP contribution in [0.1, 0.15) is 25.3 Å². The maximum absolute atomic E-state index is 12.8. The van der Waals surface area contributed by atoms with Crippen LogP contribution in [0.15, 0.2) is 16.7 Å². The van der Waals surface area contributed by atoms with Gasteiger partial charge in [0.1, 0.15) is 5.82 Å². The molecule has 0 saturated heterocycles. The summed E-state index contributed by atoms with van der Waals surface area (Å²) in [7, 11) is 0. The zero-order chi connectivity index (χ0) is 13.8. The van der Waals surface area contributed by atoms with Crippen molar-refractivity contribution in [2.24, 2.45) is 5.73 Å². The van der Waals surface area contributed by atoms with Gasteiger partial charge in [0.05, 0.1) is 5.56 Å². The standard InChI is InChI=1S/C11H15BrF3N3/c1-2-8(16)3-4-17-10-9(11(13,14)15)5-7(12)6-18-10/h5-6,8H,2-4,16H2,1H3,(H,17,18). The average Bonchev–Trinajstić information content (AvgIpc) is 2.29. The van der Waals surface area contributed by atoms with Gasteiger partial charge in [-0.15, -0.1) is 0 Å². The Morgan fingerprint density at radius 2 is 2.17 bits per heavy atom. The lowest BCUT2D eigenvalue weighted by atomic mass is 10.1. The Balaban J connectivity index is 2.76. The zero-order valence-electron chi connectivity index (χ0n) is 9.89. The third-order valence-electron chi connectivity index (χ3n) is 2.49. The molecule has 0 bridgehead atoms. The van der Waals surface area contributed by atoms with E-state index in [1.54, 1.807) is 0 Å². The highest BCUT2D eigenvalue weighted by atomic mass is 79.9. The minimum absolute atomic E-state index is 0.0118. The fourth-order valence-electron chi connectivity index (χ4n) is 1.38. The molecule has 0 spiro atoms. The Bertz CT molecular complexity index is 396. The van der Waals surface area contributed by atoms with Gasteiger partial charge < -0.3 is 11.1 Å². The van der Waals surface area contributed by atoms with E-state index in [1.165, 1.54) is 6.20 Å². The number of pyridine rings is 1. The fourth-order valence-corrected chi connectivity index (χ4v) is 1.71. The van der Waals surface area contributed by atoms with Gasteiger partial charge in [0.25, 0.3) is 0 Å². The predicted molar refractivity (Wildman–Crippen MR) is 68.3 cm³/mol. The molecule has 18 heavy (non-hydrogen) atoms. The molecule has 0 amide bonds. The van der Waals surface area contributed by atoms with E-state index in [4.69, 9.17) is 5.73 Å². The van der Waals surface area contributed by atoms with Crippen LogP contribution in [0.2, 0.25) is 0 Å².